The first-order valence-electron chi connectivity index (χ1n) is 8.64. The first kappa shape index (κ1) is 16.2. The highest BCUT2D eigenvalue weighted by atomic mass is 16.6. The van der Waals surface area contributed by atoms with Crippen LogP contribution in [0.2, 0.25) is 0 Å². The van der Waals surface area contributed by atoms with Crippen LogP contribution in [-0.2, 0) is 12.8 Å². The molecule has 1 aliphatic rings. The second-order valence-corrected chi connectivity index (χ2v) is 6.27. The van der Waals surface area contributed by atoms with Gasteiger partial charge in [-0.05, 0) is 30.2 Å². The fourth-order valence-corrected chi connectivity index (χ4v) is 3.27. The van der Waals surface area contributed by atoms with E-state index in [-0.39, 0.29) is 6.04 Å². The predicted octanol–water partition coefficient (Wildman–Crippen LogP) is 3.86. The number of amides is 1. The average molecular weight is 348 g/mol. The second-order valence-electron chi connectivity index (χ2n) is 6.27. The molecule has 26 heavy (non-hydrogen) atoms. The van der Waals surface area contributed by atoms with Crippen LogP contribution < -0.4 is 15.4 Å². The lowest BCUT2D eigenvalue weighted by molar-refractivity contribution is 0.205. The van der Waals surface area contributed by atoms with Gasteiger partial charge in [0, 0.05) is 18.3 Å². The van der Waals surface area contributed by atoms with Gasteiger partial charge in [0.25, 0.3) is 0 Å². The maximum absolute atomic E-state index is 13.0. The summed E-state index contributed by atoms with van der Waals surface area (Å²) in [6.45, 7) is 2.06. The molecule has 2 aromatic carbocycles. The first-order valence-corrected chi connectivity index (χ1v) is 8.64. The number of anilines is 2. The van der Waals surface area contributed by atoms with Crippen molar-refractivity contribution in [3.8, 4) is 5.75 Å². The summed E-state index contributed by atoms with van der Waals surface area (Å²) in [5, 5.41) is 0. The number of H-pyrrole nitrogens is 1. The molecule has 1 atom stereocenters. The third-order valence-corrected chi connectivity index (χ3v) is 4.63. The van der Waals surface area contributed by atoms with Crippen molar-refractivity contribution in [2.75, 3.05) is 10.6 Å². The lowest BCUT2D eigenvalue weighted by atomic mass is 10.1. The van der Waals surface area contributed by atoms with E-state index in [0.717, 1.165) is 29.2 Å². The average Bonchev–Trinajstić information content (AvgIpc) is 3.27. The number of carbonyl (C=O) groups is 1. The number of aryl methyl sites for hydroxylation is 1. The second kappa shape index (κ2) is 6.55. The Kier molecular flexibility index (Phi) is 4.08. The van der Waals surface area contributed by atoms with Crippen LogP contribution in [0.3, 0.4) is 0 Å². The highest BCUT2D eigenvalue weighted by Gasteiger charge is 2.37. The molecule has 132 valence electrons. The van der Waals surface area contributed by atoms with Crippen LogP contribution in [-0.4, -0.2) is 16.1 Å². The number of nitrogens with zero attached hydrogens (tertiary/aromatic N) is 2. The molecule has 3 aromatic rings. The van der Waals surface area contributed by atoms with Crippen molar-refractivity contribution >= 4 is 17.5 Å². The van der Waals surface area contributed by atoms with Crippen LogP contribution in [0.4, 0.5) is 16.2 Å². The molecule has 3 N–H and O–H groups in total. The van der Waals surface area contributed by atoms with Crippen LogP contribution in [0.15, 0.2) is 54.7 Å². The largest absolute Gasteiger partial charge is 0.420 e. The Morgan fingerprint density at radius 2 is 2.04 bits per heavy atom. The fourth-order valence-electron chi connectivity index (χ4n) is 3.27. The normalized spacial score (nSPS) is 15.7. The van der Waals surface area contributed by atoms with Crippen molar-refractivity contribution in [1.82, 2.24) is 9.97 Å². The lowest BCUT2D eigenvalue weighted by Crippen LogP contribution is -2.35. The third kappa shape index (κ3) is 2.79. The number of fused-ring (bicyclic) bond motifs is 1. The summed E-state index contributed by atoms with van der Waals surface area (Å²) in [6.07, 6.45) is 2.90. The van der Waals surface area contributed by atoms with Crippen LogP contribution in [0.1, 0.15) is 30.0 Å². The Hall–Kier alpha value is -3.28. The zero-order valence-corrected chi connectivity index (χ0v) is 14.5. The number of para-hydroxylation sites is 3. The molecule has 0 fully saturated rings. The molecular weight excluding hydrogens is 328 g/mol. The van der Waals surface area contributed by atoms with E-state index in [1.54, 1.807) is 29.2 Å². The molecule has 0 saturated carbocycles. The number of nitrogen functional groups attached to an aromatic ring is 1. The zero-order valence-electron chi connectivity index (χ0n) is 14.5. The van der Waals surface area contributed by atoms with Crippen molar-refractivity contribution in [2.24, 2.45) is 0 Å². The van der Waals surface area contributed by atoms with Crippen molar-refractivity contribution in [3.63, 3.8) is 0 Å². The minimum absolute atomic E-state index is 0.231. The van der Waals surface area contributed by atoms with Gasteiger partial charge in [-0.3, -0.25) is 4.90 Å². The number of nitrogens with two attached hydrogens (primary N) is 1. The number of aromatic amines is 1. The molecule has 0 bridgehead atoms. The van der Waals surface area contributed by atoms with Gasteiger partial charge >= 0.3 is 6.09 Å². The van der Waals surface area contributed by atoms with Gasteiger partial charge in [-0.2, -0.15) is 0 Å². The summed E-state index contributed by atoms with van der Waals surface area (Å²) in [5.74, 6) is 1.12. The van der Waals surface area contributed by atoms with E-state index < -0.39 is 6.09 Å². The van der Waals surface area contributed by atoms with Crippen LogP contribution >= 0.6 is 0 Å². The number of hydrogen-bond donors (Lipinski definition) is 2. The summed E-state index contributed by atoms with van der Waals surface area (Å²) in [6, 6.07) is 14.6. The van der Waals surface area contributed by atoms with Crippen LogP contribution in [0.25, 0.3) is 0 Å². The quantitative estimate of drug-likeness (QED) is 0.704. The number of rotatable bonds is 3. The highest BCUT2D eigenvalue weighted by molar-refractivity contribution is 5.93. The Bertz CT molecular complexity index is 950. The first-order chi connectivity index (χ1) is 12.7. The highest BCUT2D eigenvalue weighted by Crippen LogP contribution is 2.40. The third-order valence-electron chi connectivity index (χ3n) is 4.63. The Labute approximate surface area is 151 Å². The van der Waals surface area contributed by atoms with E-state index in [9.17, 15) is 4.79 Å². The summed E-state index contributed by atoms with van der Waals surface area (Å²) in [5.41, 5.74) is 9.31. The smallest absolute Gasteiger partial charge is 0.408 e. The monoisotopic (exact) mass is 348 g/mol. The molecular formula is C20H20N4O2. The molecule has 1 aromatic heterocycles. The number of hydrogen-bond acceptors (Lipinski definition) is 4. The standard InChI is InChI=1S/C20H20N4O2/c1-2-14-12-22-19(23-14)17-11-13-7-3-5-9-16(13)24(17)20(25)26-18-10-6-4-8-15(18)21/h3-10,12,17H,2,11,21H2,1H3,(H,22,23). The van der Waals surface area contributed by atoms with Crippen molar-refractivity contribution in [1.29, 1.82) is 0 Å². The summed E-state index contributed by atoms with van der Waals surface area (Å²) < 4.78 is 5.59. The van der Waals surface area contributed by atoms with E-state index in [4.69, 9.17) is 10.5 Å². The van der Waals surface area contributed by atoms with E-state index in [1.807, 2.05) is 30.5 Å². The van der Waals surface area contributed by atoms with Gasteiger partial charge in [0.05, 0.1) is 11.4 Å². The summed E-state index contributed by atoms with van der Waals surface area (Å²) in [4.78, 5) is 22.4. The maximum atomic E-state index is 13.0. The van der Waals surface area contributed by atoms with Gasteiger partial charge in [0.1, 0.15) is 11.9 Å². The molecule has 6 heteroatoms. The minimum atomic E-state index is -0.465. The number of imidazole rings is 1. The SMILES string of the molecule is CCc1cnc(C2Cc3ccccc3N2C(=O)Oc2ccccc2N)[nH]1. The van der Waals surface area contributed by atoms with E-state index in [2.05, 4.69) is 16.9 Å². The van der Waals surface area contributed by atoms with E-state index in [0.29, 0.717) is 17.9 Å². The topological polar surface area (TPSA) is 84.2 Å². The van der Waals surface area contributed by atoms with Gasteiger partial charge in [-0.25, -0.2) is 9.78 Å². The Morgan fingerprint density at radius 1 is 1.27 bits per heavy atom. The number of benzene rings is 2. The van der Waals surface area contributed by atoms with Crippen molar-refractivity contribution in [2.45, 2.75) is 25.8 Å². The number of carbonyl (C=O) groups excluding carboxylic acids is 1. The maximum Gasteiger partial charge on any atom is 0.420 e. The van der Waals surface area contributed by atoms with Gasteiger partial charge < -0.3 is 15.5 Å². The van der Waals surface area contributed by atoms with E-state index in [1.165, 1.54) is 0 Å². The molecule has 0 aliphatic carbocycles. The van der Waals surface area contributed by atoms with E-state index >= 15 is 0 Å². The zero-order chi connectivity index (χ0) is 18.1. The molecule has 6 nitrogen and oxygen atoms in total. The molecule has 0 saturated heterocycles. The van der Waals surface area contributed by atoms with Crippen molar-refractivity contribution in [3.05, 3.63) is 71.8 Å². The Morgan fingerprint density at radius 3 is 2.81 bits per heavy atom. The summed E-state index contributed by atoms with van der Waals surface area (Å²) >= 11 is 0. The molecule has 1 unspecified atom stereocenters. The van der Waals surface area contributed by atoms with Gasteiger partial charge in [0.2, 0.25) is 0 Å². The van der Waals surface area contributed by atoms with Crippen LogP contribution in [0.5, 0.6) is 5.75 Å². The molecule has 1 aliphatic heterocycles. The minimum Gasteiger partial charge on any atom is -0.408 e. The number of aromatic nitrogens is 2. The Balaban J connectivity index is 1.69. The molecule has 0 radical (unpaired) electrons. The lowest BCUT2D eigenvalue weighted by Gasteiger charge is -2.23. The molecule has 4 rings (SSSR count). The van der Waals surface area contributed by atoms with Gasteiger partial charge in [-0.1, -0.05) is 37.3 Å². The molecule has 0 spiro atoms. The fraction of sp³-hybridized carbons (Fsp3) is 0.200. The predicted molar refractivity (Wildman–Crippen MR) is 100 cm³/mol. The molecule has 1 amide bonds. The van der Waals surface area contributed by atoms with Gasteiger partial charge in [0.15, 0.2) is 5.75 Å². The number of nitrogens with one attached hydrogen (secondary N) is 1. The number of ether oxygens (including phenoxy) is 1. The van der Waals surface area contributed by atoms with Gasteiger partial charge in [-0.15, -0.1) is 0 Å². The van der Waals surface area contributed by atoms with Crippen LogP contribution in [0, 0.1) is 0 Å². The van der Waals surface area contributed by atoms with Crippen molar-refractivity contribution < 1.29 is 9.53 Å². The summed E-state index contributed by atoms with van der Waals surface area (Å²) in [7, 11) is 0. The molecule has 2 heterocycles.